The van der Waals surface area contributed by atoms with Gasteiger partial charge in [0.2, 0.25) is 0 Å². The third-order valence-electron chi connectivity index (χ3n) is 3.56. The largest absolute Gasteiger partial charge is 0.346 e. The highest BCUT2D eigenvalue weighted by atomic mass is 35.5. The summed E-state index contributed by atoms with van der Waals surface area (Å²) in [5.41, 5.74) is 0.113. The molecule has 2 aromatic rings. The highest BCUT2D eigenvalue weighted by Gasteiger charge is 2.19. The molecule has 0 saturated heterocycles. The van der Waals surface area contributed by atoms with Crippen molar-refractivity contribution in [3.63, 3.8) is 0 Å². The van der Waals surface area contributed by atoms with Crippen LogP contribution in [0.5, 0.6) is 0 Å². The Morgan fingerprint density at radius 2 is 2.10 bits per heavy atom. The van der Waals surface area contributed by atoms with E-state index in [1.807, 2.05) is 0 Å². The van der Waals surface area contributed by atoms with Crippen molar-refractivity contribution in [3.8, 4) is 0 Å². The number of fused-ring (bicyclic) bond motifs is 1. The van der Waals surface area contributed by atoms with Gasteiger partial charge in [-0.25, -0.2) is 9.48 Å². The van der Waals surface area contributed by atoms with Gasteiger partial charge < -0.3 is 0 Å². The lowest BCUT2D eigenvalue weighted by atomic mass is 10.1. The zero-order valence-corrected chi connectivity index (χ0v) is 12.7. The van der Waals surface area contributed by atoms with E-state index < -0.39 is 0 Å². The van der Waals surface area contributed by atoms with Crippen molar-refractivity contribution < 1.29 is 4.79 Å². The molecule has 5 nitrogen and oxygen atoms in total. The SMILES string of the molecule is O=C(Cn1nc2n(c1=O)CCCC2)c1ccc(Cl)cc1Cl. The molecule has 0 bridgehead atoms. The third-order valence-corrected chi connectivity index (χ3v) is 4.10. The molecule has 0 spiro atoms. The first-order valence-electron chi connectivity index (χ1n) is 6.71. The summed E-state index contributed by atoms with van der Waals surface area (Å²) in [7, 11) is 0. The second-order valence-electron chi connectivity index (χ2n) is 5.01. The van der Waals surface area contributed by atoms with Gasteiger partial charge in [0, 0.05) is 23.6 Å². The summed E-state index contributed by atoms with van der Waals surface area (Å²) in [6.07, 6.45) is 2.76. The van der Waals surface area contributed by atoms with E-state index in [9.17, 15) is 9.59 Å². The second-order valence-corrected chi connectivity index (χ2v) is 5.86. The first-order chi connectivity index (χ1) is 10.1. The molecule has 2 heterocycles. The van der Waals surface area contributed by atoms with E-state index in [4.69, 9.17) is 23.2 Å². The summed E-state index contributed by atoms with van der Waals surface area (Å²) < 4.78 is 2.86. The third kappa shape index (κ3) is 2.76. The molecule has 3 rings (SSSR count). The van der Waals surface area contributed by atoms with Crippen LogP contribution in [0.25, 0.3) is 0 Å². The van der Waals surface area contributed by atoms with E-state index in [1.165, 1.54) is 10.7 Å². The molecule has 110 valence electrons. The fraction of sp³-hybridized carbons (Fsp3) is 0.357. The zero-order chi connectivity index (χ0) is 15.0. The van der Waals surface area contributed by atoms with Gasteiger partial charge in [-0.1, -0.05) is 23.2 Å². The van der Waals surface area contributed by atoms with Crippen LogP contribution in [0, 0.1) is 0 Å². The highest BCUT2D eigenvalue weighted by Crippen LogP contribution is 2.21. The second kappa shape index (κ2) is 5.66. The summed E-state index contributed by atoms with van der Waals surface area (Å²) >= 11 is 11.8. The predicted octanol–water partition coefficient (Wildman–Crippen LogP) is 2.57. The number of carbonyl (C=O) groups excluding carboxylic acids is 1. The number of benzene rings is 1. The summed E-state index contributed by atoms with van der Waals surface area (Å²) in [4.78, 5) is 24.5. The Morgan fingerprint density at radius 1 is 1.29 bits per heavy atom. The molecule has 1 aliphatic rings. The standard InChI is InChI=1S/C14H13Cl2N3O2/c15-9-4-5-10(11(16)7-9)12(20)8-19-14(21)18-6-2-1-3-13(18)17-19/h4-5,7H,1-3,6,8H2. The van der Waals surface area contributed by atoms with Crippen molar-refractivity contribution in [1.82, 2.24) is 14.3 Å². The molecular weight excluding hydrogens is 313 g/mol. The van der Waals surface area contributed by atoms with Gasteiger partial charge in [0.05, 0.1) is 5.02 Å². The molecule has 0 amide bonds. The van der Waals surface area contributed by atoms with Crippen LogP contribution >= 0.6 is 23.2 Å². The topological polar surface area (TPSA) is 56.9 Å². The molecule has 0 unspecified atom stereocenters. The Morgan fingerprint density at radius 3 is 2.81 bits per heavy atom. The molecule has 0 N–H and O–H groups in total. The number of hydrogen-bond acceptors (Lipinski definition) is 3. The quantitative estimate of drug-likeness (QED) is 0.815. The van der Waals surface area contributed by atoms with E-state index in [0.717, 1.165) is 25.1 Å². The number of carbonyl (C=O) groups is 1. The van der Waals surface area contributed by atoms with Gasteiger partial charge >= 0.3 is 5.69 Å². The molecule has 1 aromatic carbocycles. The first kappa shape index (κ1) is 14.4. The Balaban J connectivity index is 1.88. The van der Waals surface area contributed by atoms with Crippen LogP contribution in [0.2, 0.25) is 10.0 Å². The van der Waals surface area contributed by atoms with E-state index in [2.05, 4.69) is 5.10 Å². The zero-order valence-electron chi connectivity index (χ0n) is 11.2. The fourth-order valence-electron chi connectivity index (χ4n) is 2.49. The van der Waals surface area contributed by atoms with E-state index >= 15 is 0 Å². The molecule has 0 aliphatic carbocycles. The van der Waals surface area contributed by atoms with Gasteiger partial charge in [-0.2, -0.15) is 5.10 Å². The monoisotopic (exact) mass is 325 g/mol. The minimum absolute atomic E-state index is 0.111. The minimum Gasteiger partial charge on any atom is -0.292 e. The summed E-state index contributed by atoms with van der Waals surface area (Å²) in [6.45, 7) is 0.560. The maximum atomic E-state index is 12.3. The van der Waals surface area contributed by atoms with Gasteiger partial charge in [0.25, 0.3) is 0 Å². The van der Waals surface area contributed by atoms with Gasteiger partial charge in [0.1, 0.15) is 12.4 Å². The number of Topliss-reactive ketones (excluding diaryl/α,β-unsaturated/α-hetero) is 1. The number of nitrogens with zero attached hydrogens (tertiary/aromatic N) is 3. The maximum Gasteiger partial charge on any atom is 0.346 e. The molecular formula is C14H13Cl2N3O2. The predicted molar refractivity (Wildman–Crippen MR) is 80.2 cm³/mol. The van der Waals surface area contributed by atoms with Gasteiger partial charge in [0.15, 0.2) is 5.78 Å². The van der Waals surface area contributed by atoms with Crippen molar-refractivity contribution in [2.75, 3.05) is 0 Å². The fourth-order valence-corrected chi connectivity index (χ4v) is 3.00. The number of halogens is 2. The molecule has 0 radical (unpaired) electrons. The number of hydrogen-bond donors (Lipinski definition) is 0. The van der Waals surface area contributed by atoms with E-state index in [-0.39, 0.29) is 23.0 Å². The number of aromatic nitrogens is 3. The van der Waals surface area contributed by atoms with Crippen LogP contribution in [0.4, 0.5) is 0 Å². The summed E-state index contributed by atoms with van der Waals surface area (Å²) in [6, 6.07) is 4.67. The van der Waals surface area contributed by atoms with Gasteiger partial charge in [-0.15, -0.1) is 0 Å². The van der Waals surface area contributed by atoms with Crippen molar-refractivity contribution in [3.05, 3.63) is 50.1 Å². The Hall–Kier alpha value is -1.59. The average Bonchev–Trinajstić information content (AvgIpc) is 2.76. The van der Waals surface area contributed by atoms with Crippen molar-refractivity contribution in [2.24, 2.45) is 0 Å². The Bertz CT molecular complexity index is 764. The Labute approximate surface area is 131 Å². The summed E-state index contributed by atoms with van der Waals surface area (Å²) in [5.74, 6) is 0.496. The number of aryl methyl sites for hydroxylation is 1. The lowest BCUT2D eigenvalue weighted by Gasteiger charge is -2.09. The van der Waals surface area contributed by atoms with Crippen LogP contribution in [-0.4, -0.2) is 20.1 Å². The number of ketones is 1. The van der Waals surface area contributed by atoms with Crippen molar-refractivity contribution in [1.29, 1.82) is 0 Å². The lowest BCUT2D eigenvalue weighted by molar-refractivity contribution is 0.0966. The number of rotatable bonds is 3. The maximum absolute atomic E-state index is 12.3. The van der Waals surface area contributed by atoms with Crippen LogP contribution < -0.4 is 5.69 Å². The minimum atomic E-state index is -0.255. The van der Waals surface area contributed by atoms with E-state index in [0.29, 0.717) is 17.1 Å². The molecule has 7 heteroatoms. The average molecular weight is 326 g/mol. The van der Waals surface area contributed by atoms with Gasteiger partial charge in [-0.05, 0) is 31.0 Å². The van der Waals surface area contributed by atoms with Crippen LogP contribution in [0.15, 0.2) is 23.0 Å². The molecule has 0 fully saturated rings. The van der Waals surface area contributed by atoms with Crippen LogP contribution in [0.3, 0.4) is 0 Å². The van der Waals surface area contributed by atoms with Crippen molar-refractivity contribution in [2.45, 2.75) is 32.4 Å². The van der Waals surface area contributed by atoms with Gasteiger partial charge in [-0.3, -0.25) is 9.36 Å². The summed E-state index contributed by atoms with van der Waals surface area (Å²) in [5, 5.41) is 4.99. The Kier molecular flexibility index (Phi) is 3.87. The smallest absolute Gasteiger partial charge is 0.292 e. The van der Waals surface area contributed by atoms with E-state index in [1.54, 1.807) is 16.7 Å². The normalized spacial score (nSPS) is 14.0. The molecule has 0 saturated carbocycles. The lowest BCUT2D eigenvalue weighted by Crippen LogP contribution is -2.29. The molecule has 1 aliphatic heterocycles. The van der Waals surface area contributed by atoms with Crippen molar-refractivity contribution >= 4 is 29.0 Å². The van der Waals surface area contributed by atoms with Crippen LogP contribution in [0.1, 0.15) is 29.0 Å². The molecule has 0 atom stereocenters. The molecule has 21 heavy (non-hydrogen) atoms. The first-order valence-corrected chi connectivity index (χ1v) is 7.46. The highest BCUT2D eigenvalue weighted by molar-refractivity contribution is 6.36. The van der Waals surface area contributed by atoms with Crippen LogP contribution in [-0.2, 0) is 19.5 Å². The molecule has 1 aromatic heterocycles.